The molecule has 0 spiro atoms. The van der Waals surface area contributed by atoms with Crippen molar-refractivity contribution < 1.29 is 0 Å². The number of anilines is 1. The quantitative estimate of drug-likeness (QED) is 0.865. The van der Waals surface area contributed by atoms with Gasteiger partial charge in [-0.2, -0.15) is 0 Å². The van der Waals surface area contributed by atoms with Gasteiger partial charge in [0.05, 0.1) is 11.0 Å². The maximum Gasteiger partial charge on any atom is 0.203 e. The third-order valence-corrected chi connectivity index (χ3v) is 3.73. The Balaban J connectivity index is 1.65. The fourth-order valence-corrected chi connectivity index (χ4v) is 2.66. The molecule has 0 bridgehead atoms. The number of imidazole rings is 1. The molecule has 1 saturated heterocycles. The van der Waals surface area contributed by atoms with Gasteiger partial charge in [0.15, 0.2) is 0 Å². The Morgan fingerprint density at radius 2 is 2.33 bits per heavy atom. The molecule has 1 aromatic heterocycles. The maximum atomic E-state index is 4.61. The smallest absolute Gasteiger partial charge is 0.203 e. The molecule has 1 fully saturated rings. The van der Waals surface area contributed by atoms with Gasteiger partial charge >= 0.3 is 0 Å². The van der Waals surface area contributed by atoms with E-state index in [4.69, 9.17) is 0 Å². The molecule has 2 heterocycles. The van der Waals surface area contributed by atoms with Crippen LogP contribution in [0.5, 0.6) is 0 Å². The molecule has 1 aromatic carbocycles. The second-order valence-electron chi connectivity index (χ2n) is 4.99. The van der Waals surface area contributed by atoms with Crippen LogP contribution in [0, 0.1) is 0 Å². The fourth-order valence-electron chi connectivity index (χ4n) is 2.66. The van der Waals surface area contributed by atoms with Crippen LogP contribution in [-0.2, 0) is 7.05 Å². The third kappa shape index (κ3) is 2.20. The molecule has 1 atom stereocenters. The molecular formula is C14H20N4. The Labute approximate surface area is 107 Å². The van der Waals surface area contributed by atoms with E-state index in [1.54, 1.807) is 0 Å². The number of para-hydroxylation sites is 2. The Kier molecular flexibility index (Phi) is 3.19. The zero-order valence-electron chi connectivity index (χ0n) is 10.8. The number of hydrogen-bond donors (Lipinski definition) is 2. The van der Waals surface area contributed by atoms with E-state index >= 15 is 0 Å². The molecule has 2 aromatic rings. The average molecular weight is 244 g/mol. The highest BCUT2D eigenvalue weighted by Crippen LogP contribution is 2.17. The molecule has 4 heteroatoms. The predicted octanol–water partition coefficient (Wildman–Crippen LogP) is 2.13. The van der Waals surface area contributed by atoms with Crippen LogP contribution in [0.2, 0.25) is 0 Å². The van der Waals surface area contributed by atoms with Crippen molar-refractivity contribution in [3.05, 3.63) is 24.3 Å². The Morgan fingerprint density at radius 3 is 3.11 bits per heavy atom. The van der Waals surface area contributed by atoms with Crippen LogP contribution in [-0.4, -0.2) is 28.7 Å². The van der Waals surface area contributed by atoms with Gasteiger partial charge in [-0.25, -0.2) is 4.98 Å². The standard InChI is InChI=1S/C14H20N4/c1-18-13-7-3-2-6-12(13)17-14(18)16-10-8-11-5-4-9-15-11/h2-3,6-7,11,15H,4-5,8-10H2,1H3,(H,16,17)/t11-/m1/s1. The van der Waals surface area contributed by atoms with E-state index in [2.05, 4.69) is 45.4 Å². The molecule has 96 valence electrons. The first-order valence-electron chi connectivity index (χ1n) is 6.73. The summed E-state index contributed by atoms with van der Waals surface area (Å²) in [6.45, 7) is 2.16. The molecule has 4 nitrogen and oxygen atoms in total. The van der Waals surface area contributed by atoms with Crippen LogP contribution in [0.1, 0.15) is 19.3 Å². The van der Waals surface area contributed by atoms with Crippen LogP contribution in [0.15, 0.2) is 24.3 Å². The van der Waals surface area contributed by atoms with Crippen molar-refractivity contribution in [1.29, 1.82) is 0 Å². The number of hydrogen-bond acceptors (Lipinski definition) is 3. The van der Waals surface area contributed by atoms with E-state index < -0.39 is 0 Å². The number of rotatable bonds is 4. The molecule has 1 aliphatic rings. The van der Waals surface area contributed by atoms with Crippen molar-refractivity contribution >= 4 is 17.0 Å². The predicted molar refractivity (Wildman–Crippen MR) is 74.8 cm³/mol. The first-order chi connectivity index (χ1) is 8.84. The minimum absolute atomic E-state index is 0.687. The number of fused-ring (bicyclic) bond motifs is 1. The Bertz CT molecular complexity index is 526. The molecular weight excluding hydrogens is 224 g/mol. The normalized spacial score (nSPS) is 19.5. The highest BCUT2D eigenvalue weighted by atomic mass is 15.2. The Hall–Kier alpha value is -1.55. The van der Waals surface area contributed by atoms with Crippen LogP contribution in [0.4, 0.5) is 5.95 Å². The van der Waals surface area contributed by atoms with Crippen molar-refractivity contribution in [3.8, 4) is 0 Å². The number of aromatic nitrogens is 2. The van der Waals surface area contributed by atoms with Crippen LogP contribution in [0.25, 0.3) is 11.0 Å². The first-order valence-corrected chi connectivity index (χ1v) is 6.73. The molecule has 0 unspecified atom stereocenters. The summed E-state index contributed by atoms with van der Waals surface area (Å²) in [5, 5.41) is 6.96. The van der Waals surface area contributed by atoms with Crippen molar-refractivity contribution in [2.24, 2.45) is 7.05 Å². The molecule has 3 rings (SSSR count). The van der Waals surface area contributed by atoms with E-state index in [-0.39, 0.29) is 0 Å². The summed E-state index contributed by atoms with van der Waals surface area (Å²) in [6, 6.07) is 8.93. The van der Waals surface area contributed by atoms with Gasteiger partial charge in [0.2, 0.25) is 5.95 Å². The lowest BCUT2D eigenvalue weighted by Gasteiger charge is -2.11. The van der Waals surface area contributed by atoms with Crippen molar-refractivity contribution in [2.75, 3.05) is 18.4 Å². The fraction of sp³-hybridized carbons (Fsp3) is 0.500. The lowest BCUT2D eigenvalue weighted by molar-refractivity contribution is 0.573. The lowest BCUT2D eigenvalue weighted by atomic mass is 10.1. The minimum Gasteiger partial charge on any atom is -0.356 e. The summed E-state index contributed by atoms with van der Waals surface area (Å²) < 4.78 is 2.12. The highest BCUT2D eigenvalue weighted by Gasteiger charge is 2.13. The highest BCUT2D eigenvalue weighted by molar-refractivity contribution is 5.78. The number of nitrogens with zero attached hydrogens (tertiary/aromatic N) is 2. The summed E-state index contributed by atoms with van der Waals surface area (Å²) in [5.41, 5.74) is 2.24. The van der Waals surface area contributed by atoms with Gasteiger partial charge in [0.1, 0.15) is 0 Å². The van der Waals surface area contributed by atoms with Crippen LogP contribution < -0.4 is 10.6 Å². The van der Waals surface area contributed by atoms with Gasteiger partial charge in [0.25, 0.3) is 0 Å². The van der Waals surface area contributed by atoms with Gasteiger partial charge in [-0.1, -0.05) is 12.1 Å². The molecule has 18 heavy (non-hydrogen) atoms. The summed E-state index contributed by atoms with van der Waals surface area (Å²) >= 11 is 0. The van der Waals surface area contributed by atoms with Crippen LogP contribution >= 0.6 is 0 Å². The third-order valence-electron chi connectivity index (χ3n) is 3.73. The molecule has 1 aliphatic heterocycles. The summed E-state index contributed by atoms with van der Waals surface area (Å²) in [5.74, 6) is 0.967. The summed E-state index contributed by atoms with van der Waals surface area (Å²) in [6.07, 6.45) is 3.80. The van der Waals surface area contributed by atoms with Crippen molar-refractivity contribution in [2.45, 2.75) is 25.3 Å². The second kappa shape index (κ2) is 4.98. The van der Waals surface area contributed by atoms with Crippen molar-refractivity contribution in [1.82, 2.24) is 14.9 Å². The van der Waals surface area contributed by atoms with Gasteiger partial charge in [-0.3, -0.25) is 0 Å². The number of aryl methyl sites for hydroxylation is 1. The molecule has 0 amide bonds. The molecule has 0 saturated carbocycles. The van der Waals surface area contributed by atoms with E-state index in [0.29, 0.717) is 6.04 Å². The lowest BCUT2D eigenvalue weighted by Crippen LogP contribution is -2.24. The summed E-state index contributed by atoms with van der Waals surface area (Å²) in [7, 11) is 2.06. The van der Waals surface area contributed by atoms with Crippen molar-refractivity contribution in [3.63, 3.8) is 0 Å². The molecule has 2 N–H and O–H groups in total. The van der Waals surface area contributed by atoms with Gasteiger partial charge in [-0.05, 0) is 37.9 Å². The van der Waals surface area contributed by atoms with Gasteiger partial charge in [0, 0.05) is 19.6 Å². The minimum atomic E-state index is 0.687. The van der Waals surface area contributed by atoms with Gasteiger partial charge < -0.3 is 15.2 Å². The number of nitrogens with one attached hydrogen (secondary N) is 2. The van der Waals surface area contributed by atoms with E-state index in [0.717, 1.165) is 18.0 Å². The van der Waals surface area contributed by atoms with E-state index in [9.17, 15) is 0 Å². The second-order valence-corrected chi connectivity index (χ2v) is 4.99. The largest absolute Gasteiger partial charge is 0.356 e. The monoisotopic (exact) mass is 244 g/mol. The zero-order chi connectivity index (χ0) is 12.4. The topological polar surface area (TPSA) is 41.9 Å². The Morgan fingerprint density at radius 1 is 1.44 bits per heavy atom. The molecule has 0 aliphatic carbocycles. The first kappa shape index (κ1) is 11.5. The summed E-state index contributed by atoms with van der Waals surface area (Å²) in [4.78, 5) is 4.61. The number of benzene rings is 1. The average Bonchev–Trinajstić information content (AvgIpc) is 3.00. The van der Waals surface area contributed by atoms with Gasteiger partial charge in [-0.15, -0.1) is 0 Å². The SMILES string of the molecule is Cn1c(NCC[C@H]2CCCN2)nc2ccccc21. The molecule has 0 radical (unpaired) electrons. The van der Waals surface area contributed by atoms with Crippen LogP contribution in [0.3, 0.4) is 0 Å². The zero-order valence-corrected chi connectivity index (χ0v) is 10.8. The maximum absolute atomic E-state index is 4.61. The van der Waals surface area contributed by atoms with E-state index in [1.807, 2.05) is 6.07 Å². The van der Waals surface area contributed by atoms with E-state index in [1.165, 1.54) is 31.3 Å².